The number of nitrogens with one attached hydrogen (secondary N) is 2. The molecule has 5 nitrogen and oxygen atoms in total. The molecule has 1 unspecified atom stereocenters. The highest BCUT2D eigenvalue weighted by Gasteiger charge is 2.12. The predicted molar refractivity (Wildman–Crippen MR) is 103 cm³/mol. The summed E-state index contributed by atoms with van der Waals surface area (Å²) >= 11 is 0. The molecule has 26 heavy (non-hydrogen) atoms. The van der Waals surface area contributed by atoms with E-state index in [1.807, 2.05) is 69.3 Å². The Kier molecular flexibility index (Phi) is 6.40. The molecule has 0 heterocycles. The highest BCUT2D eigenvalue weighted by molar-refractivity contribution is 6.06. The minimum Gasteiger partial charge on any atom is -0.497 e. The number of ether oxygens (including phenoxy) is 1. The number of nitriles is 1. The summed E-state index contributed by atoms with van der Waals surface area (Å²) in [4.78, 5) is 12.4. The Morgan fingerprint density at radius 2 is 1.88 bits per heavy atom. The lowest BCUT2D eigenvalue weighted by molar-refractivity contribution is -0.112. The Bertz CT molecular complexity index is 849. The number of nitrogens with zero attached hydrogens (tertiary/aromatic N) is 1. The predicted octanol–water partition coefficient (Wildman–Crippen LogP) is 4.01. The summed E-state index contributed by atoms with van der Waals surface area (Å²) in [5, 5.41) is 15.2. The molecule has 5 heteroatoms. The molecule has 2 aromatic rings. The van der Waals surface area contributed by atoms with Crippen molar-refractivity contribution in [2.45, 2.75) is 26.8 Å². The van der Waals surface area contributed by atoms with Gasteiger partial charge in [0.1, 0.15) is 17.4 Å². The number of anilines is 1. The van der Waals surface area contributed by atoms with Crippen LogP contribution in [0.15, 0.2) is 54.2 Å². The number of benzene rings is 2. The molecule has 134 valence electrons. The summed E-state index contributed by atoms with van der Waals surface area (Å²) in [6.07, 6.45) is 1.45. The van der Waals surface area contributed by atoms with Crippen LogP contribution in [-0.2, 0) is 4.79 Å². The van der Waals surface area contributed by atoms with E-state index in [1.54, 1.807) is 7.11 Å². The van der Waals surface area contributed by atoms with Crippen LogP contribution in [0.1, 0.15) is 29.7 Å². The number of carbonyl (C=O) groups is 1. The highest BCUT2D eigenvalue weighted by atomic mass is 16.5. The molecule has 1 amide bonds. The second-order valence-electron chi connectivity index (χ2n) is 6.03. The average molecular weight is 349 g/mol. The van der Waals surface area contributed by atoms with Gasteiger partial charge >= 0.3 is 0 Å². The molecular formula is C21H23N3O2. The van der Waals surface area contributed by atoms with Crippen LogP contribution in [0.4, 0.5) is 5.69 Å². The van der Waals surface area contributed by atoms with E-state index in [4.69, 9.17) is 4.74 Å². The number of amides is 1. The Hall–Kier alpha value is -3.26. The molecule has 2 aromatic carbocycles. The van der Waals surface area contributed by atoms with E-state index in [0.29, 0.717) is 5.69 Å². The first kappa shape index (κ1) is 19.1. The maximum absolute atomic E-state index is 12.4. The SMILES string of the molecule is COc1ccc(C(C)N/C=C(/C#N)C(=O)Nc2cccc(C)c2C)cc1. The molecule has 2 rings (SSSR count). The lowest BCUT2D eigenvalue weighted by Gasteiger charge is -2.14. The number of carbonyl (C=O) groups excluding carboxylic acids is 1. The van der Waals surface area contributed by atoms with Crippen molar-refractivity contribution in [1.82, 2.24) is 5.32 Å². The summed E-state index contributed by atoms with van der Waals surface area (Å²) in [7, 11) is 1.62. The van der Waals surface area contributed by atoms with Crippen LogP contribution in [0.2, 0.25) is 0 Å². The van der Waals surface area contributed by atoms with Crippen LogP contribution >= 0.6 is 0 Å². The smallest absolute Gasteiger partial charge is 0.267 e. The molecule has 0 aliphatic heterocycles. The summed E-state index contributed by atoms with van der Waals surface area (Å²) in [6.45, 7) is 5.87. The zero-order valence-corrected chi connectivity index (χ0v) is 15.5. The van der Waals surface area contributed by atoms with Crippen LogP contribution in [-0.4, -0.2) is 13.0 Å². The summed E-state index contributed by atoms with van der Waals surface area (Å²) < 4.78 is 5.14. The molecule has 0 bridgehead atoms. The molecule has 0 aliphatic rings. The van der Waals surface area contributed by atoms with Gasteiger partial charge in [0.25, 0.3) is 5.91 Å². The van der Waals surface area contributed by atoms with Crippen LogP contribution in [0, 0.1) is 25.2 Å². The topological polar surface area (TPSA) is 74.1 Å². The third-order valence-corrected chi connectivity index (χ3v) is 4.31. The van der Waals surface area contributed by atoms with Crippen LogP contribution in [0.3, 0.4) is 0 Å². The van der Waals surface area contributed by atoms with Crippen molar-refractivity contribution in [3.8, 4) is 11.8 Å². The fraction of sp³-hybridized carbons (Fsp3) is 0.238. The van der Waals surface area contributed by atoms with E-state index < -0.39 is 5.91 Å². The van der Waals surface area contributed by atoms with Gasteiger partial charge in [0.2, 0.25) is 0 Å². The standard InChI is InChI=1S/C21H23N3O2/c1-14-6-5-7-20(15(14)2)24-21(25)18(12-22)13-23-16(3)17-8-10-19(26-4)11-9-17/h5-11,13,16,23H,1-4H3,(H,24,25)/b18-13-. The van der Waals surface area contributed by atoms with E-state index in [2.05, 4.69) is 10.6 Å². The maximum atomic E-state index is 12.4. The van der Waals surface area contributed by atoms with Crippen LogP contribution in [0.25, 0.3) is 0 Å². The zero-order valence-electron chi connectivity index (χ0n) is 15.5. The number of rotatable bonds is 6. The summed E-state index contributed by atoms with van der Waals surface area (Å²) in [6, 6.07) is 15.2. The van der Waals surface area contributed by atoms with Crippen LogP contribution in [0.5, 0.6) is 5.75 Å². The van der Waals surface area contributed by atoms with Crippen molar-refractivity contribution in [2.75, 3.05) is 12.4 Å². The minimum atomic E-state index is -0.435. The van der Waals surface area contributed by atoms with Gasteiger partial charge < -0.3 is 15.4 Å². The highest BCUT2D eigenvalue weighted by Crippen LogP contribution is 2.19. The second kappa shape index (κ2) is 8.72. The number of aryl methyl sites for hydroxylation is 1. The summed E-state index contributed by atoms with van der Waals surface area (Å²) in [5.74, 6) is 0.345. The number of hydrogen-bond acceptors (Lipinski definition) is 4. The van der Waals surface area contributed by atoms with E-state index in [9.17, 15) is 10.1 Å². The van der Waals surface area contributed by atoms with E-state index in [0.717, 1.165) is 22.4 Å². The van der Waals surface area contributed by atoms with Crippen LogP contribution < -0.4 is 15.4 Å². The average Bonchev–Trinajstić information content (AvgIpc) is 2.65. The molecule has 0 spiro atoms. The molecule has 0 saturated heterocycles. The molecule has 0 radical (unpaired) electrons. The summed E-state index contributed by atoms with van der Waals surface area (Å²) in [5.41, 5.74) is 3.81. The maximum Gasteiger partial charge on any atom is 0.267 e. The van der Waals surface area contributed by atoms with Crippen molar-refractivity contribution >= 4 is 11.6 Å². The normalized spacial score (nSPS) is 12.0. The van der Waals surface area contributed by atoms with Gasteiger partial charge in [-0.15, -0.1) is 0 Å². The first-order valence-corrected chi connectivity index (χ1v) is 8.34. The Labute approximate surface area is 154 Å². The molecule has 1 atom stereocenters. The van der Waals surface area contributed by atoms with Gasteiger partial charge in [-0.2, -0.15) is 5.26 Å². The third-order valence-electron chi connectivity index (χ3n) is 4.31. The van der Waals surface area contributed by atoms with E-state index >= 15 is 0 Å². The van der Waals surface area contributed by atoms with Gasteiger partial charge in [-0.3, -0.25) is 4.79 Å². The monoisotopic (exact) mass is 349 g/mol. The van der Waals surface area contributed by atoms with Crippen molar-refractivity contribution in [3.05, 3.63) is 70.9 Å². The fourth-order valence-electron chi connectivity index (χ4n) is 2.42. The quantitative estimate of drug-likeness (QED) is 0.610. The number of methoxy groups -OCH3 is 1. The first-order valence-electron chi connectivity index (χ1n) is 8.34. The van der Waals surface area contributed by atoms with Gasteiger partial charge in [0.15, 0.2) is 0 Å². The number of hydrogen-bond donors (Lipinski definition) is 2. The van der Waals surface area contributed by atoms with Gasteiger partial charge in [-0.1, -0.05) is 24.3 Å². The van der Waals surface area contributed by atoms with Crippen molar-refractivity contribution in [1.29, 1.82) is 5.26 Å². The molecule has 0 aromatic heterocycles. The lowest BCUT2D eigenvalue weighted by atomic mass is 10.1. The lowest BCUT2D eigenvalue weighted by Crippen LogP contribution is -2.19. The van der Waals surface area contributed by atoms with Crippen molar-refractivity contribution in [3.63, 3.8) is 0 Å². The molecule has 2 N–H and O–H groups in total. The minimum absolute atomic E-state index is 0.0197. The van der Waals surface area contributed by atoms with Gasteiger partial charge in [-0.25, -0.2) is 0 Å². The Morgan fingerprint density at radius 3 is 2.50 bits per heavy atom. The van der Waals surface area contributed by atoms with Crippen molar-refractivity contribution in [2.24, 2.45) is 0 Å². The molecule has 0 saturated carbocycles. The molecule has 0 fully saturated rings. The van der Waals surface area contributed by atoms with Crippen molar-refractivity contribution < 1.29 is 9.53 Å². The second-order valence-corrected chi connectivity index (χ2v) is 6.03. The first-order chi connectivity index (χ1) is 12.5. The third kappa shape index (κ3) is 4.64. The van der Waals surface area contributed by atoms with E-state index in [1.165, 1.54) is 6.20 Å². The zero-order chi connectivity index (χ0) is 19.1. The molecular weight excluding hydrogens is 326 g/mol. The fourth-order valence-corrected chi connectivity index (χ4v) is 2.42. The van der Waals surface area contributed by atoms with Gasteiger partial charge in [0.05, 0.1) is 7.11 Å². The van der Waals surface area contributed by atoms with Gasteiger partial charge in [0, 0.05) is 17.9 Å². The largest absolute Gasteiger partial charge is 0.497 e. The Morgan fingerprint density at radius 1 is 1.19 bits per heavy atom. The van der Waals surface area contributed by atoms with Gasteiger partial charge in [-0.05, 0) is 55.7 Å². The Balaban J connectivity index is 2.07. The van der Waals surface area contributed by atoms with E-state index in [-0.39, 0.29) is 11.6 Å². The molecule has 0 aliphatic carbocycles.